The summed E-state index contributed by atoms with van der Waals surface area (Å²) in [6.45, 7) is 2.82. The Morgan fingerprint density at radius 3 is 3.13 bits per heavy atom. The van der Waals surface area contributed by atoms with Gasteiger partial charge < -0.3 is 20.3 Å². The first kappa shape index (κ1) is 10.3. The molecule has 82 valence electrons. The van der Waals surface area contributed by atoms with Gasteiger partial charge in [0.05, 0.1) is 12.1 Å². The van der Waals surface area contributed by atoms with Crippen molar-refractivity contribution in [1.82, 2.24) is 5.32 Å². The fraction of sp³-hybridized carbons (Fsp3) is 0.455. The number of phenolic OH excluding ortho intramolecular Hbond substituents is 1. The van der Waals surface area contributed by atoms with E-state index in [1.165, 1.54) is 0 Å². The summed E-state index contributed by atoms with van der Waals surface area (Å²) in [6.07, 6.45) is -0.369. The van der Waals surface area contributed by atoms with E-state index in [0.717, 1.165) is 11.3 Å². The Balaban J connectivity index is 2.08. The van der Waals surface area contributed by atoms with Crippen LogP contribution in [0.2, 0.25) is 0 Å². The van der Waals surface area contributed by atoms with Gasteiger partial charge >= 0.3 is 0 Å². The molecule has 0 radical (unpaired) electrons. The highest BCUT2D eigenvalue weighted by atomic mass is 16.5. The number of benzene rings is 1. The second-order valence-electron chi connectivity index (χ2n) is 3.84. The SMILES string of the molecule is CC(O)CNC1COc2cc(O)ccc21. The van der Waals surface area contributed by atoms with Crippen LogP contribution in [0.15, 0.2) is 18.2 Å². The maximum atomic E-state index is 9.26. The molecule has 2 unspecified atom stereocenters. The number of ether oxygens (including phenoxy) is 1. The fourth-order valence-electron chi connectivity index (χ4n) is 1.68. The molecule has 0 amide bonds. The Morgan fingerprint density at radius 2 is 2.40 bits per heavy atom. The van der Waals surface area contributed by atoms with Gasteiger partial charge in [-0.3, -0.25) is 0 Å². The van der Waals surface area contributed by atoms with Crippen molar-refractivity contribution in [2.24, 2.45) is 0 Å². The first-order valence-electron chi connectivity index (χ1n) is 5.04. The number of nitrogens with one attached hydrogen (secondary N) is 1. The van der Waals surface area contributed by atoms with Crippen LogP contribution in [-0.4, -0.2) is 29.5 Å². The lowest BCUT2D eigenvalue weighted by Crippen LogP contribution is -2.29. The van der Waals surface area contributed by atoms with Crippen LogP contribution < -0.4 is 10.1 Å². The Labute approximate surface area is 88.5 Å². The standard InChI is InChI=1S/C11H15NO3/c1-7(13)5-12-10-6-15-11-4-8(14)2-3-9(10)11/h2-4,7,10,12-14H,5-6H2,1H3. The van der Waals surface area contributed by atoms with E-state index in [2.05, 4.69) is 5.32 Å². The molecule has 1 aromatic carbocycles. The quantitative estimate of drug-likeness (QED) is 0.689. The summed E-state index contributed by atoms with van der Waals surface area (Å²) in [6, 6.07) is 5.21. The molecular formula is C11H15NO3. The van der Waals surface area contributed by atoms with Gasteiger partial charge in [-0.15, -0.1) is 0 Å². The van der Waals surface area contributed by atoms with Gasteiger partial charge in [-0.25, -0.2) is 0 Å². The third kappa shape index (κ3) is 2.22. The van der Waals surface area contributed by atoms with E-state index in [1.807, 2.05) is 6.07 Å². The molecule has 0 saturated heterocycles. The molecule has 0 bridgehead atoms. The van der Waals surface area contributed by atoms with Crippen LogP contribution in [0.3, 0.4) is 0 Å². The van der Waals surface area contributed by atoms with Crippen LogP contribution >= 0.6 is 0 Å². The fourth-order valence-corrected chi connectivity index (χ4v) is 1.68. The number of hydrogen-bond donors (Lipinski definition) is 3. The summed E-state index contributed by atoms with van der Waals surface area (Å²) in [4.78, 5) is 0. The monoisotopic (exact) mass is 209 g/mol. The Morgan fingerprint density at radius 1 is 1.60 bits per heavy atom. The van der Waals surface area contributed by atoms with Gasteiger partial charge in [-0.1, -0.05) is 0 Å². The maximum absolute atomic E-state index is 9.26. The molecule has 1 heterocycles. The number of phenols is 1. The molecule has 0 aliphatic carbocycles. The third-order valence-corrected chi connectivity index (χ3v) is 2.44. The largest absolute Gasteiger partial charge is 0.508 e. The van der Waals surface area contributed by atoms with Crippen molar-refractivity contribution in [3.8, 4) is 11.5 Å². The van der Waals surface area contributed by atoms with Crippen LogP contribution in [-0.2, 0) is 0 Å². The summed E-state index contributed by atoms with van der Waals surface area (Å²) >= 11 is 0. The predicted molar refractivity (Wildman–Crippen MR) is 56.0 cm³/mol. The van der Waals surface area contributed by atoms with Crippen LogP contribution in [0.25, 0.3) is 0 Å². The second kappa shape index (κ2) is 4.08. The van der Waals surface area contributed by atoms with E-state index < -0.39 is 0 Å². The molecule has 2 atom stereocenters. The molecule has 1 aromatic rings. The van der Waals surface area contributed by atoms with Crippen LogP contribution in [0.1, 0.15) is 18.5 Å². The summed E-state index contributed by atoms with van der Waals surface area (Å²) in [5.41, 5.74) is 1.04. The highest BCUT2D eigenvalue weighted by molar-refractivity contribution is 5.44. The molecule has 1 aliphatic heterocycles. The van der Waals surface area contributed by atoms with Gasteiger partial charge in [0.25, 0.3) is 0 Å². The Hall–Kier alpha value is -1.26. The highest BCUT2D eigenvalue weighted by Gasteiger charge is 2.23. The zero-order valence-corrected chi connectivity index (χ0v) is 8.60. The minimum absolute atomic E-state index is 0.107. The molecule has 2 rings (SSSR count). The van der Waals surface area contributed by atoms with Crippen molar-refractivity contribution in [3.63, 3.8) is 0 Å². The van der Waals surface area contributed by atoms with E-state index in [4.69, 9.17) is 9.84 Å². The van der Waals surface area contributed by atoms with Crippen molar-refractivity contribution >= 4 is 0 Å². The van der Waals surface area contributed by atoms with Gasteiger partial charge in [0.15, 0.2) is 0 Å². The zero-order chi connectivity index (χ0) is 10.8. The topological polar surface area (TPSA) is 61.7 Å². The average Bonchev–Trinajstić information content (AvgIpc) is 2.57. The number of aliphatic hydroxyl groups is 1. The van der Waals surface area contributed by atoms with E-state index in [0.29, 0.717) is 13.2 Å². The van der Waals surface area contributed by atoms with Gasteiger partial charge in [0, 0.05) is 18.2 Å². The van der Waals surface area contributed by atoms with Gasteiger partial charge in [-0.2, -0.15) is 0 Å². The first-order chi connectivity index (χ1) is 7.16. The van der Waals surface area contributed by atoms with Crippen molar-refractivity contribution in [2.75, 3.05) is 13.2 Å². The summed E-state index contributed by atoms with van der Waals surface area (Å²) in [5, 5.41) is 21.6. The summed E-state index contributed by atoms with van der Waals surface area (Å²) < 4.78 is 5.42. The minimum Gasteiger partial charge on any atom is -0.508 e. The molecule has 4 heteroatoms. The van der Waals surface area contributed by atoms with Crippen molar-refractivity contribution in [1.29, 1.82) is 0 Å². The number of hydrogen-bond acceptors (Lipinski definition) is 4. The van der Waals surface area contributed by atoms with Crippen LogP contribution in [0.5, 0.6) is 11.5 Å². The van der Waals surface area contributed by atoms with Crippen molar-refractivity contribution in [2.45, 2.75) is 19.1 Å². The number of fused-ring (bicyclic) bond motifs is 1. The Bertz CT molecular complexity index is 352. The molecule has 4 nitrogen and oxygen atoms in total. The lowest BCUT2D eigenvalue weighted by Gasteiger charge is -2.12. The van der Waals surface area contributed by atoms with Gasteiger partial charge in [-0.05, 0) is 19.1 Å². The molecule has 0 spiro atoms. The number of rotatable bonds is 3. The number of aliphatic hydroxyl groups excluding tert-OH is 1. The maximum Gasteiger partial charge on any atom is 0.127 e. The van der Waals surface area contributed by atoms with Crippen LogP contribution in [0, 0.1) is 0 Å². The number of aromatic hydroxyl groups is 1. The molecule has 0 aromatic heterocycles. The van der Waals surface area contributed by atoms with E-state index >= 15 is 0 Å². The highest BCUT2D eigenvalue weighted by Crippen LogP contribution is 2.34. The Kier molecular flexibility index (Phi) is 2.79. The van der Waals surface area contributed by atoms with E-state index in [-0.39, 0.29) is 17.9 Å². The van der Waals surface area contributed by atoms with Crippen molar-refractivity contribution < 1.29 is 14.9 Å². The molecule has 3 N–H and O–H groups in total. The van der Waals surface area contributed by atoms with Crippen molar-refractivity contribution in [3.05, 3.63) is 23.8 Å². The van der Waals surface area contributed by atoms with E-state index in [9.17, 15) is 5.11 Å². The molecule has 15 heavy (non-hydrogen) atoms. The molecular weight excluding hydrogens is 194 g/mol. The molecule has 1 aliphatic rings. The lowest BCUT2D eigenvalue weighted by atomic mass is 10.1. The lowest BCUT2D eigenvalue weighted by molar-refractivity contribution is 0.182. The van der Waals surface area contributed by atoms with Gasteiger partial charge in [0.1, 0.15) is 18.1 Å². The average molecular weight is 209 g/mol. The smallest absolute Gasteiger partial charge is 0.127 e. The minimum atomic E-state index is -0.369. The summed E-state index contributed by atoms with van der Waals surface area (Å²) in [7, 11) is 0. The van der Waals surface area contributed by atoms with Crippen LogP contribution in [0.4, 0.5) is 0 Å². The summed E-state index contributed by atoms with van der Waals surface area (Å²) in [5.74, 6) is 0.933. The first-order valence-corrected chi connectivity index (χ1v) is 5.04. The third-order valence-electron chi connectivity index (χ3n) is 2.44. The predicted octanol–water partition coefficient (Wildman–Crippen LogP) is 0.796. The zero-order valence-electron chi connectivity index (χ0n) is 8.60. The molecule has 0 saturated carbocycles. The normalized spacial score (nSPS) is 20.8. The van der Waals surface area contributed by atoms with E-state index in [1.54, 1.807) is 19.1 Å². The molecule has 0 fully saturated rings. The van der Waals surface area contributed by atoms with Gasteiger partial charge in [0.2, 0.25) is 0 Å². The second-order valence-corrected chi connectivity index (χ2v) is 3.84.